The Bertz CT molecular complexity index is 252. The Labute approximate surface area is 121 Å². The highest BCUT2D eigenvalue weighted by Crippen LogP contribution is 1.43. The predicted octanol–water partition coefficient (Wildman–Crippen LogP) is -1.21. The second kappa shape index (κ2) is 26.0. The fourth-order valence-corrected chi connectivity index (χ4v) is 0. The van der Waals surface area contributed by atoms with Gasteiger partial charge in [-0.2, -0.15) is 0 Å². The third-order valence-corrected chi connectivity index (χ3v) is 0.201. The van der Waals surface area contributed by atoms with Gasteiger partial charge in [-0.05, 0) is 0 Å². The first-order valence-corrected chi connectivity index (χ1v) is 4.97. The van der Waals surface area contributed by atoms with Gasteiger partial charge in [0.15, 0.2) is 0 Å². The van der Waals surface area contributed by atoms with E-state index in [0.29, 0.717) is 0 Å². The molecule has 0 aromatic rings. The molecule has 126 valence electrons. The molecule has 1 amide bonds. The van der Waals surface area contributed by atoms with Crippen molar-refractivity contribution in [3.8, 4) is 0 Å². The first-order valence-electron chi connectivity index (χ1n) is 4.97. The van der Waals surface area contributed by atoms with E-state index < -0.39 is 29.8 Å². The van der Waals surface area contributed by atoms with Crippen LogP contribution in [0.25, 0.3) is 0 Å². The normalized spacial score (nSPS) is 6.52. The molecule has 0 heterocycles. The quantitative estimate of drug-likeness (QED) is 0.339. The Balaban J connectivity index is -0.0000000510. The molecule has 0 atom stereocenters. The first kappa shape index (κ1) is 31.0. The molecule has 8 N–H and O–H groups in total. The second-order valence-electron chi connectivity index (χ2n) is 2.75. The number of rotatable bonds is 1. The van der Waals surface area contributed by atoms with Gasteiger partial charge in [0.05, 0.1) is 6.54 Å². The molecule has 0 unspecified atom stereocenters. The van der Waals surface area contributed by atoms with Crippen molar-refractivity contribution in [2.24, 2.45) is 11.5 Å². The van der Waals surface area contributed by atoms with Crippen LogP contribution in [-0.4, -0.2) is 56.8 Å². The Morgan fingerprint density at radius 2 is 0.714 bits per heavy atom. The molecule has 0 radical (unpaired) electrons. The standard InChI is InChI=1S/C2H6N2O.4C2H4O2/c3-1-2(4)5;4*1-2(3)4/h1,3H2,(H2,4,5);4*1H3,(H,3,4). The summed E-state index contributed by atoms with van der Waals surface area (Å²) in [5, 5.41) is 29.7. The molecule has 0 aliphatic rings. The fourth-order valence-electron chi connectivity index (χ4n) is 0. The molecule has 0 aliphatic carbocycles. The minimum Gasteiger partial charge on any atom is -0.481 e. The SMILES string of the molecule is CC(=O)O.CC(=O)O.CC(=O)O.CC(=O)O.NCC(N)=O. The number of carboxylic acids is 4. The van der Waals surface area contributed by atoms with Crippen molar-refractivity contribution in [2.75, 3.05) is 6.54 Å². The van der Waals surface area contributed by atoms with Gasteiger partial charge in [0.25, 0.3) is 23.9 Å². The van der Waals surface area contributed by atoms with Gasteiger partial charge >= 0.3 is 0 Å². The van der Waals surface area contributed by atoms with Crippen molar-refractivity contribution in [3.63, 3.8) is 0 Å². The Morgan fingerprint density at radius 3 is 0.714 bits per heavy atom. The van der Waals surface area contributed by atoms with Crippen LogP contribution in [0, 0.1) is 0 Å². The number of aliphatic carboxylic acids is 4. The zero-order chi connectivity index (χ0) is 18.6. The molecular formula is C10H22N2O9. The molecule has 0 aromatic carbocycles. The molecule has 0 spiro atoms. The average molecular weight is 314 g/mol. The lowest BCUT2D eigenvalue weighted by atomic mass is 10.7. The van der Waals surface area contributed by atoms with Gasteiger partial charge in [-0.3, -0.25) is 24.0 Å². The summed E-state index contributed by atoms with van der Waals surface area (Å²) in [4.78, 5) is 45.5. The number of amides is 1. The Morgan fingerprint density at radius 1 is 0.667 bits per heavy atom. The van der Waals surface area contributed by atoms with Crippen LogP contribution in [0.15, 0.2) is 0 Å². The van der Waals surface area contributed by atoms with E-state index in [1.54, 1.807) is 0 Å². The minimum atomic E-state index is -0.833. The van der Waals surface area contributed by atoms with Crippen LogP contribution in [0.2, 0.25) is 0 Å². The van der Waals surface area contributed by atoms with Crippen LogP contribution in [0.4, 0.5) is 0 Å². The van der Waals surface area contributed by atoms with Gasteiger partial charge in [0.2, 0.25) is 5.91 Å². The molecule has 21 heavy (non-hydrogen) atoms. The maximum Gasteiger partial charge on any atom is 0.300 e. The number of hydrogen-bond acceptors (Lipinski definition) is 6. The van der Waals surface area contributed by atoms with Crippen LogP contribution in [-0.2, 0) is 24.0 Å². The smallest absolute Gasteiger partial charge is 0.300 e. The summed E-state index contributed by atoms with van der Waals surface area (Å²) in [6.45, 7) is 4.28. The molecule has 0 saturated heterocycles. The molecule has 0 aliphatic heterocycles. The van der Waals surface area contributed by atoms with Gasteiger partial charge < -0.3 is 31.9 Å². The number of primary amides is 1. The van der Waals surface area contributed by atoms with Crippen LogP contribution in [0.1, 0.15) is 27.7 Å². The highest BCUT2D eigenvalue weighted by Gasteiger charge is 1.77. The maximum absolute atomic E-state index is 9.47. The first-order chi connectivity index (χ1) is 9.20. The van der Waals surface area contributed by atoms with E-state index in [2.05, 4.69) is 5.73 Å². The third kappa shape index (κ3) is 8520. The lowest BCUT2D eigenvalue weighted by molar-refractivity contribution is -0.135. The van der Waals surface area contributed by atoms with Gasteiger partial charge in [-0.25, -0.2) is 0 Å². The van der Waals surface area contributed by atoms with Gasteiger partial charge in [0, 0.05) is 27.7 Å². The summed E-state index contributed by atoms with van der Waals surface area (Å²) in [6.07, 6.45) is 0. The summed E-state index contributed by atoms with van der Waals surface area (Å²) < 4.78 is 0. The molecular weight excluding hydrogens is 292 g/mol. The highest BCUT2D eigenvalue weighted by molar-refractivity contribution is 5.75. The van der Waals surface area contributed by atoms with E-state index >= 15 is 0 Å². The molecule has 0 aromatic heterocycles. The van der Waals surface area contributed by atoms with Crippen molar-refractivity contribution in [2.45, 2.75) is 27.7 Å². The lowest BCUT2D eigenvalue weighted by Gasteiger charge is -1.74. The van der Waals surface area contributed by atoms with E-state index in [9.17, 15) is 4.79 Å². The van der Waals surface area contributed by atoms with Crippen molar-refractivity contribution in [1.82, 2.24) is 0 Å². The van der Waals surface area contributed by atoms with Crippen molar-refractivity contribution < 1.29 is 44.4 Å². The molecule has 11 heteroatoms. The molecule has 11 nitrogen and oxygen atoms in total. The molecule has 0 rings (SSSR count). The highest BCUT2D eigenvalue weighted by atomic mass is 16.4. The van der Waals surface area contributed by atoms with Crippen molar-refractivity contribution >= 4 is 29.8 Å². The maximum atomic E-state index is 9.47. The predicted molar refractivity (Wildman–Crippen MR) is 71.5 cm³/mol. The third-order valence-electron chi connectivity index (χ3n) is 0.201. The Hall–Kier alpha value is -2.69. The summed E-state index contributed by atoms with van der Waals surface area (Å²) in [6, 6.07) is 0. The van der Waals surface area contributed by atoms with Crippen LogP contribution in [0.5, 0.6) is 0 Å². The lowest BCUT2D eigenvalue weighted by Crippen LogP contribution is -2.21. The van der Waals surface area contributed by atoms with Crippen LogP contribution < -0.4 is 11.5 Å². The minimum absolute atomic E-state index is 0.0556. The summed E-state index contributed by atoms with van der Waals surface area (Å²) in [7, 11) is 0. The summed E-state index contributed by atoms with van der Waals surface area (Å²) in [5.41, 5.74) is 9.22. The topological polar surface area (TPSA) is 218 Å². The summed E-state index contributed by atoms with van der Waals surface area (Å²) in [5.74, 6) is -3.80. The van der Waals surface area contributed by atoms with Crippen LogP contribution >= 0.6 is 0 Å². The van der Waals surface area contributed by atoms with Crippen LogP contribution in [0.3, 0.4) is 0 Å². The van der Waals surface area contributed by atoms with Crippen molar-refractivity contribution in [1.29, 1.82) is 0 Å². The Kier molecular flexibility index (Phi) is 38.3. The zero-order valence-corrected chi connectivity index (χ0v) is 12.2. The van der Waals surface area contributed by atoms with E-state index in [0.717, 1.165) is 27.7 Å². The second-order valence-corrected chi connectivity index (χ2v) is 2.75. The number of nitrogens with two attached hydrogens (primary N) is 2. The number of carbonyl (C=O) groups excluding carboxylic acids is 1. The molecule has 0 saturated carbocycles. The largest absolute Gasteiger partial charge is 0.481 e. The van der Waals surface area contributed by atoms with E-state index in [4.69, 9.17) is 45.3 Å². The van der Waals surface area contributed by atoms with E-state index in [1.807, 2.05) is 0 Å². The van der Waals surface area contributed by atoms with Gasteiger partial charge in [-0.15, -0.1) is 0 Å². The van der Waals surface area contributed by atoms with E-state index in [1.165, 1.54) is 0 Å². The monoisotopic (exact) mass is 314 g/mol. The zero-order valence-electron chi connectivity index (χ0n) is 12.2. The fraction of sp³-hybridized carbons (Fsp3) is 0.500. The van der Waals surface area contributed by atoms with Crippen molar-refractivity contribution in [3.05, 3.63) is 0 Å². The number of carboxylic acid groups (broad SMARTS) is 4. The van der Waals surface area contributed by atoms with Gasteiger partial charge in [-0.1, -0.05) is 0 Å². The molecule has 0 bridgehead atoms. The number of hydrogen-bond donors (Lipinski definition) is 6. The van der Waals surface area contributed by atoms with Gasteiger partial charge in [0.1, 0.15) is 0 Å². The average Bonchev–Trinajstić information content (AvgIpc) is 2.13. The number of carbonyl (C=O) groups is 5. The molecule has 0 fully saturated rings. The van der Waals surface area contributed by atoms with E-state index in [-0.39, 0.29) is 6.54 Å². The summed E-state index contributed by atoms with van der Waals surface area (Å²) >= 11 is 0.